The molecule has 0 amide bonds. The topological polar surface area (TPSA) is 12.5 Å². The summed E-state index contributed by atoms with van der Waals surface area (Å²) in [5.41, 5.74) is 0. The van der Waals surface area contributed by atoms with Crippen molar-refractivity contribution in [2.45, 2.75) is 50.8 Å². The van der Waals surface area contributed by atoms with Crippen LogP contribution in [0.4, 0.5) is 0 Å². The summed E-state index contributed by atoms with van der Waals surface area (Å²) in [5, 5.41) is 0. The summed E-state index contributed by atoms with van der Waals surface area (Å²) in [4.78, 5) is 0. The monoisotopic (exact) mass is 172 g/mol. The lowest BCUT2D eigenvalue weighted by Gasteiger charge is -1.97. The minimum atomic E-state index is 0.346. The molecule has 11 heavy (non-hydrogen) atoms. The Morgan fingerprint density at radius 1 is 1.36 bits per heavy atom. The summed E-state index contributed by atoms with van der Waals surface area (Å²) in [6.07, 6.45) is 6.31. The highest BCUT2D eigenvalue weighted by atomic mass is 28.2. The van der Waals surface area contributed by atoms with Crippen LogP contribution in [0.15, 0.2) is 0 Å². The van der Waals surface area contributed by atoms with E-state index in [4.69, 9.17) is 4.74 Å². The maximum Gasteiger partial charge on any atom is 0.0810 e. The van der Waals surface area contributed by atoms with Crippen LogP contribution in [0.3, 0.4) is 0 Å². The molecule has 0 spiro atoms. The molecule has 66 valence electrons. The van der Waals surface area contributed by atoms with Crippen LogP contribution in [-0.2, 0) is 4.74 Å². The first-order valence-electron chi connectivity index (χ1n) is 5.05. The number of epoxide rings is 1. The Kier molecular flexibility index (Phi) is 4.87. The fraction of sp³-hybridized carbons (Fsp3) is 1.00. The van der Waals surface area contributed by atoms with Gasteiger partial charge in [0.15, 0.2) is 0 Å². The zero-order valence-electron chi connectivity index (χ0n) is 7.64. The Bertz CT molecular complexity index is 91.6. The number of hydrogen-bond donors (Lipinski definition) is 0. The van der Waals surface area contributed by atoms with Gasteiger partial charge in [0, 0.05) is 9.52 Å². The third-order valence-corrected chi connectivity index (χ3v) is 4.49. The third kappa shape index (κ3) is 5.45. The first-order chi connectivity index (χ1) is 5.43. The molecular formula is C9H20OSi. The molecule has 1 fully saturated rings. The van der Waals surface area contributed by atoms with Gasteiger partial charge in [-0.2, -0.15) is 0 Å². The van der Waals surface area contributed by atoms with E-state index in [9.17, 15) is 0 Å². The zero-order chi connectivity index (χ0) is 7.94. The molecule has 1 unspecified atom stereocenters. The minimum Gasteiger partial charge on any atom is -0.373 e. The van der Waals surface area contributed by atoms with Gasteiger partial charge in [-0.25, -0.2) is 0 Å². The lowest BCUT2D eigenvalue weighted by Crippen LogP contribution is -1.90. The van der Waals surface area contributed by atoms with Crippen molar-refractivity contribution < 1.29 is 4.74 Å². The average molecular weight is 172 g/mol. The molecule has 0 aliphatic carbocycles. The summed E-state index contributed by atoms with van der Waals surface area (Å²) >= 11 is 0. The van der Waals surface area contributed by atoms with Crippen molar-refractivity contribution in [3.05, 3.63) is 0 Å². The van der Waals surface area contributed by atoms with Crippen molar-refractivity contribution in [2.24, 2.45) is 0 Å². The highest BCUT2D eigenvalue weighted by Crippen LogP contribution is 2.17. The van der Waals surface area contributed by atoms with Gasteiger partial charge in [0.05, 0.1) is 12.7 Å². The van der Waals surface area contributed by atoms with E-state index in [1.165, 1.54) is 25.7 Å². The molecule has 1 atom stereocenters. The molecule has 0 aromatic heterocycles. The number of ether oxygens (including phenoxy) is 1. The van der Waals surface area contributed by atoms with Gasteiger partial charge < -0.3 is 4.74 Å². The minimum absolute atomic E-state index is 0.346. The predicted octanol–water partition coefficient (Wildman–Crippen LogP) is 1.97. The van der Waals surface area contributed by atoms with Crippen LogP contribution in [0.1, 0.15) is 32.6 Å². The van der Waals surface area contributed by atoms with Gasteiger partial charge in [0.1, 0.15) is 0 Å². The first-order valence-corrected chi connectivity index (χ1v) is 7.05. The van der Waals surface area contributed by atoms with Crippen LogP contribution in [0.5, 0.6) is 0 Å². The van der Waals surface area contributed by atoms with E-state index in [2.05, 4.69) is 6.92 Å². The summed E-state index contributed by atoms with van der Waals surface area (Å²) in [6, 6.07) is 3.13. The molecule has 0 saturated carbocycles. The van der Waals surface area contributed by atoms with Gasteiger partial charge in [-0.1, -0.05) is 38.3 Å². The van der Waals surface area contributed by atoms with E-state index in [0.717, 1.165) is 6.61 Å². The zero-order valence-corrected chi connectivity index (χ0v) is 9.06. The van der Waals surface area contributed by atoms with E-state index < -0.39 is 0 Å². The molecule has 0 bridgehead atoms. The van der Waals surface area contributed by atoms with Crippen molar-refractivity contribution >= 4 is 9.52 Å². The van der Waals surface area contributed by atoms with Crippen molar-refractivity contribution in [1.29, 1.82) is 0 Å². The summed E-state index contributed by atoms with van der Waals surface area (Å²) in [7, 11) is 0.346. The second-order valence-corrected chi connectivity index (χ2v) is 5.63. The van der Waals surface area contributed by atoms with Crippen LogP contribution in [0.2, 0.25) is 12.1 Å². The molecule has 0 radical (unpaired) electrons. The maximum atomic E-state index is 5.15. The molecule has 1 rings (SSSR count). The molecule has 1 aliphatic rings. The smallest absolute Gasteiger partial charge is 0.0810 e. The van der Waals surface area contributed by atoms with Crippen molar-refractivity contribution in [3.63, 3.8) is 0 Å². The van der Waals surface area contributed by atoms with E-state index in [0.29, 0.717) is 15.6 Å². The molecule has 0 N–H and O–H groups in total. The second-order valence-electron chi connectivity index (χ2n) is 3.51. The summed E-state index contributed by atoms with van der Waals surface area (Å²) in [5.74, 6) is 0. The van der Waals surface area contributed by atoms with Crippen molar-refractivity contribution in [3.8, 4) is 0 Å². The van der Waals surface area contributed by atoms with Crippen LogP contribution in [0.25, 0.3) is 0 Å². The van der Waals surface area contributed by atoms with Gasteiger partial charge in [0.2, 0.25) is 0 Å². The maximum absolute atomic E-state index is 5.15. The standard InChI is InChI=1S/C9H20OSi/c1-2-6-11-7-4-3-5-9-8-10-9/h9H,2-8,11H2,1H3. The SMILES string of the molecule is CCC[SiH2]CCCCC1CO1. The van der Waals surface area contributed by atoms with E-state index in [1.807, 2.05) is 0 Å². The molecule has 1 aliphatic heterocycles. The molecule has 1 saturated heterocycles. The fourth-order valence-corrected chi connectivity index (χ4v) is 2.95. The Morgan fingerprint density at radius 2 is 2.18 bits per heavy atom. The summed E-state index contributed by atoms with van der Waals surface area (Å²) in [6.45, 7) is 3.34. The van der Waals surface area contributed by atoms with Gasteiger partial charge >= 0.3 is 0 Å². The lowest BCUT2D eigenvalue weighted by atomic mass is 10.2. The molecule has 1 heterocycles. The summed E-state index contributed by atoms with van der Waals surface area (Å²) < 4.78 is 5.15. The quantitative estimate of drug-likeness (QED) is 0.325. The Hall–Kier alpha value is 0.177. The number of unbranched alkanes of at least 4 members (excludes halogenated alkanes) is 1. The van der Waals surface area contributed by atoms with Gasteiger partial charge in [0.25, 0.3) is 0 Å². The molecule has 0 aromatic rings. The Balaban J connectivity index is 1.66. The predicted molar refractivity (Wildman–Crippen MR) is 52.0 cm³/mol. The highest BCUT2D eigenvalue weighted by Gasteiger charge is 2.20. The van der Waals surface area contributed by atoms with Gasteiger partial charge in [-0.15, -0.1) is 0 Å². The molecule has 0 aromatic carbocycles. The average Bonchev–Trinajstić information content (AvgIpc) is 2.80. The van der Waals surface area contributed by atoms with Gasteiger partial charge in [-0.3, -0.25) is 0 Å². The van der Waals surface area contributed by atoms with Crippen molar-refractivity contribution in [2.75, 3.05) is 6.61 Å². The largest absolute Gasteiger partial charge is 0.373 e. The van der Waals surface area contributed by atoms with Crippen LogP contribution in [0, 0.1) is 0 Å². The number of rotatable bonds is 7. The Morgan fingerprint density at radius 3 is 2.82 bits per heavy atom. The van der Waals surface area contributed by atoms with Crippen LogP contribution < -0.4 is 0 Å². The van der Waals surface area contributed by atoms with E-state index in [-0.39, 0.29) is 0 Å². The number of hydrogen-bond acceptors (Lipinski definition) is 1. The fourth-order valence-electron chi connectivity index (χ4n) is 1.39. The first kappa shape index (κ1) is 9.27. The van der Waals surface area contributed by atoms with Crippen LogP contribution >= 0.6 is 0 Å². The van der Waals surface area contributed by atoms with Crippen molar-refractivity contribution in [1.82, 2.24) is 0 Å². The molecule has 2 heteroatoms. The highest BCUT2D eigenvalue weighted by molar-refractivity contribution is 6.35. The second kappa shape index (κ2) is 5.78. The van der Waals surface area contributed by atoms with E-state index >= 15 is 0 Å². The molecule has 1 nitrogen and oxygen atoms in total. The Labute approximate surface area is 72.3 Å². The normalized spacial score (nSPS) is 23.2. The van der Waals surface area contributed by atoms with E-state index in [1.54, 1.807) is 12.1 Å². The molecular weight excluding hydrogens is 152 g/mol. The third-order valence-electron chi connectivity index (χ3n) is 2.28. The lowest BCUT2D eigenvalue weighted by molar-refractivity contribution is 0.391. The van der Waals surface area contributed by atoms with Crippen LogP contribution in [-0.4, -0.2) is 22.2 Å². The van der Waals surface area contributed by atoms with Gasteiger partial charge in [-0.05, 0) is 6.42 Å².